The molecule has 1 aromatic carbocycles. The van der Waals surface area contributed by atoms with Gasteiger partial charge in [-0.3, -0.25) is 4.79 Å². The predicted molar refractivity (Wildman–Crippen MR) is 74.6 cm³/mol. The van der Waals surface area contributed by atoms with Crippen molar-refractivity contribution in [1.82, 2.24) is 0 Å². The summed E-state index contributed by atoms with van der Waals surface area (Å²) in [5.74, 6) is -0.151. The number of methoxy groups -OCH3 is 1. The molecule has 1 aliphatic rings. The number of carbonyl (C=O) groups excluding carboxylic acids is 1. The molecule has 18 heavy (non-hydrogen) atoms. The minimum absolute atomic E-state index is 0.151. The maximum absolute atomic E-state index is 12.1. The van der Waals surface area contributed by atoms with Crippen molar-refractivity contribution in [1.29, 1.82) is 0 Å². The van der Waals surface area contributed by atoms with Crippen LogP contribution in [0.15, 0.2) is 47.4 Å². The summed E-state index contributed by atoms with van der Waals surface area (Å²) >= 11 is 1.59. The Balaban J connectivity index is 2.30. The van der Waals surface area contributed by atoms with E-state index in [4.69, 9.17) is 4.74 Å². The van der Waals surface area contributed by atoms with Crippen molar-refractivity contribution in [3.05, 3.63) is 42.5 Å². The number of ether oxygens (including phenoxy) is 1. The van der Waals surface area contributed by atoms with E-state index in [-0.39, 0.29) is 11.4 Å². The maximum Gasteiger partial charge on any atom is 0.323 e. The first-order chi connectivity index (χ1) is 8.46. The number of rotatable bonds is 4. The quantitative estimate of drug-likeness (QED) is 0.611. The Hall–Kier alpha value is -1.22. The summed E-state index contributed by atoms with van der Waals surface area (Å²) in [6.07, 6.45) is 0.793. The molecule has 2 atom stereocenters. The van der Waals surface area contributed by atoms with Crippen molar-refractivity contribution < 1.29 is 9.53 Å². The molecular formula is C15H18O2S. The number of allylic oxidation sites excluding steroid dienone is 1. The molecule has 96 valence electrons. The number of thioether (sulfide) groups is 1. The van der Waals surface area contributed by atoms with Crippen LogP contribution in [0.3, 0.4) is 0 Å². The van der Waals surface area contributed by atoms with Crippen LogP contribution in [0.25, 0.3) is 0 Å². The molecule has 0 aromatic heterocycles. The lowest BCUT2D eigenvalue weighted by molar-refractivity contribution is -0.141. The topological polar surface area (TPSA) is 26.3 Å². The number of hydrogen-bond donors (Lipinski definition) is 0. The van der Waals surface area contributed by atoms with Crippen molar-refractivity contribution in [2.45, 2.75) is 29.9 Å². The summed E-state index contributed by atoms with van der Waals surface area (Å²) in [7, 11) is 1.45. The van der Waals surface area contributed by atoms with E-state index in [0.29, 0.717) is 0 Å². The SMILES string of the molecule is C=C(C)C1(C)CC1(Sc1ccccc1)C(=O)OC. The third-order valence-corrected chi connectivity index (χ3v) is 5.48. The summed E-state index contributed by atoms with van der Waals surface area (Å²) in [5.41, 5.74) is 0.872. The van der Waals surface area contributed by atoms with Gasteiger partial charge in [0.2, 0.25) is 0 Å². The Morgan fingerprint density at radius 2 is 2.00 bits per heavy atom. The van der Waals surface area contributed by atoms with Gasteiger partial charge in [-0.2, -0.15) is 0 Å². The molecule has 2 unspecified atom stereocenters. The first kappa shape index (κ1) is 13.2. The molecule has 1 fully saturated rings. The molecular weight excluding hydrogens is 244 g/mol. The zero-order valence-corrected chi connectivity index (χ0v) is 11.8. The van der Waals surface area contributed by atoms with Crippen LogP contribution in [0, 0.1) is 5.41 Å². The molecule has 1 aromatic rings. The van der Waals surface area contributed by atoms with Crippen LogP contribution >= 0.6 is 11.8 Å². The zero-order valence-electron chi connectivity index (χ0n) is 11.0. The minimum atomic E-state index is -0.505. The van der Waals surface area contributed by atoms with Gasteiger partial charge >= 0.3 is 5.97 Å². The van der Waals surface area contributed by atoms with Crippen molar-refractivity contribution in [3.63, 3.8) is 0 Å². The maximum atomic E-state index is 12.1. The monoisotopic (exact) mass is 262 g/mol. The fourth-order valence-corrected chi connectivity index (χ4v) is 3.91. The number of esters is 1. The van der Waals surface area contributed by atoms with Crippen molar-refractivity contribution in [2.75, 3.05) is 7.11 Å². The lowest BCUT2D eigenvalue weighted by Gasteiger charge is -2.20. The van der Waals surface area contributed by atoms with Gasteiger partial charge in [0.05, 0.1) is 7.11 Å². The second kappa shape index (κ2) is 4.47. The highest BCUT2D eigenvalue weighted by Crippen LogP contribution is 2.69. The summed E-state index contributed by atoms with van der Waals surface area (Å²) in [6, 6.07) is 9.97. The Morgan fingerprint density at radius 3 is 2.44 bits per heavy atom. The second-order valence-electron chi connectivity index (χ2n) is 5.02. The minimum Gasteiger partial charge on any atom is -0.468 e. The molecule has 0 radical (unpaired) electrons. The molecule has 0 aliphatic heterocycles. The van der Waals surface area contributed by atoms with E-state index in [1.54, 1.807) is 11.8 Å². The third kappa shape index (κ3) is 1.87. The molecule has 0 amide bonds. The first-order valence-electron chi connectivity index (χ1n) is 5.95. The fourth-order valence-electron chi connectivity index (χ4n) is 2.29. The second-order valence-corrected chi connectivity index (χ2v) is 6.40. The summed E-state index contributed by atoms with van der Waals surface area (Å²) in [5, 5.41) is 0. The largest absolute Gasteiger partial charge is 0.468 e. The van der Waals surface area contributed by atoms with Gasteiger partial charge in [-0.05, 0) is 25.5 Å². The molecule has 1 saturated carbocycles. The normalized spacial score (nSPS) is 29.7. The van der Waals surface area contributed by atoms with Gasteiger partial charge in [0.25, 0.3) is 0 Å². The zero-order chi connectivity index (χ0) is 13.4. The molecule has 0 bridgehead atoms. The van der Waals surface area contributed by atoms with Gasteiger partial charge in [-0.15, -0.1) is 11.8 Å². The first-order valence-corrected chi connectivity index (χ1v) is 6.76. The molecule has 0 N–H and O–H groups in total. The summed E-state index contributed by atoms with van der Waals surface area (Å²) < 4.78 is 4.49. The highest BCUT2D eigenvalue weighted by Gasteiger charge is 2.71. The Bertz CT molecular complexity index is 483. The average Bonchev–Trinajstić information content (AvgIpc) is 2.98. The lowest BCUT2D eigenvalue weighted by atomic mass is 9.98. The highest BCUT2D eigenvalue weighted by atomic mass is 32.2. The van der Waals surface area contributed by atoms with Gasteiger partial charge in [0.15, 0.2) is 0 Å². The van der Waals surface area contributed by atoms with Crippen LogP contribution in [0.1, 0.15) is 20.3 Å². The van der Waals surface area contributed by atoms with Gasteiger partial charge in [0, 0.05) is 10.3 Å². The number of carbonyl (C=O) groups is 1. The fraction of sp³-hybridized carbons (Fsp3) is 0.400. The summed E-state index contributed by atoms with van der Waals surface area (Å²) in [4.78, 5) is 13.2. The predicted octanol–water partition coefficient (Wildman–Crippen LogP) is 3.68. The molecule has 2 nitrogen and oxygen atoms in total. The smallest absolute Gasteiger partial charge is 0.323 e. The van der Waals surface area contributed by atoms with Gasteiger partial charge in [-0.25, -0.2) is 0 Å². The van der Waals surface area contributed by atoms with E-state index in [9.17, 15) is 4.79 Å². The Morgan fingerprint density at radius 1 is 1.39 bits per heavy atom. The van der Waals surface area contributed by atoms with Crippen LogP contribution in [0.4, 0.5) is 0 Å². The van der Waals surface area contributed by atoms with Crippen molar-refractivity contribution in [2.24, 2.45) is 5.41 Å². The van der Waals surface area contributed by atoms with Gasteiger partial charge < -0.3 is 4.74 Å². The third-order valence-electron chi connectivity index (χ3n) is 3.86. The molecule has 2 rings (SSSR count). The van der Waals surface area contributed by atoms with E-state index < -0.39 is 4.75 Å². The van der Waals surface area contributed by atoms with Gasteiger partial charge in [0.1, 0.15) is 4.75 Å². The van der Waals surface area contributed by atoms with Crippen LogP contribution in [0.2, 0.25) is 0 Å². The Labute approximate surface area is 112 Å². The van der Waals surface area contributed by atoms with Crippen LogP contribution in [-0.4, -0.2) is 17.8 Å². The average molecular weight is 262 g/mol. The number of benzene rings is 1. The summed E-state index contributed by atoms with van der Waals surface area (Å²) in [6.45, 7) is 8.09. The van der Waals surface area contributed by atoms with E-state index >= 15 is 0 Å². The Kier molecular flexibility index (Phi) is 3.28. The van der Waals surface area contributed by atoms with E-state index in [1.807, 2.05) is 37.3 Å². The van der Waals surface area contributed by atoms with E-state index in [2.05, 4.69) is 13.5 Å². The van der Waals surface area contributed by atoms with Crippen LogP contribution in [0.5, 0.6) is 0 Å². The molecule has 1 aliphatic carbocycles. The van der Waals surface area contributed by atoms with Crippen LogP contribution in [-0.2, 0) is 9.53 Å². The molecule has 0 heterocycles. The molecule has 0 spiro atoms. The van der Waals surface area contributed by atoms with Crippen LogP contribution < -0.4 is 0 Å². The van der Waals surface area contributed by atoms with Crippen molar-refractivity contribution >= 4 is 17.7 Å². The van der Waals surface area contributed by atoms with E-state index in [0.717, 1.165) is 16.9 Å². The standard InChI is InChI=1S/C15H18O2S/c1-11(2)14(3)10-15(14,13(16)17-4)18-12-8-6-5-7-9-12/h5-9H,1,10H2,2-4H3. The highest BCUT2D eigenvalue weighted by molar-refractivity contribution is 8.01. The molecule has 3 heteroatoms. The molecule has 0 saturated heterocycles. The number of hydrogen-bond acceptors (Lipinski definition) is 3. The van der Waals surface area contributed by atoms with Crippen molar-refractivity contribution in [3.8, 4) is 0 Å². The van der Waals surface area contributed by atoms with E-state index in [1.165, 1.54) is 7.11 Å². The lowest BCUT2D eigenvalue weighted by Crippen LogP contribution is -2.27. The van der Waals surface area contributed by atoms with Gasteiger partial charge in [-0.1, -0.05) is 37.3 Å².